The number of anilines is 2. The summed E-state index contributed by atoms with van der Waals surface area (Å²) in [5, 5.41) is 11.5. The fourth-order valence-corrected chi connectivity index (χ4v) is 3.07. The molecule has 0 bridgehead atoms. The van der Waals surface area contributed by atoms with Crippen LogP contribution < -0.4 is 9.96 Å². The van der Waals surface area contributed by atoms with Crippen LogP contribution in [-0.2, 0) is 9.59 Å². The van der Waals surface area contributed by atoms with Gasteiger partial charge in [0.2, 0.25) is 5.91 Å². The Balaban J connectivity index is 1.95. The topological polar surface area (TPSA) is 60.9 Å². The molecule has 1 aliphatic heterocycles. The van der Waals surface area contributed by atoms with E-state index >= 15 is 0 Å². The van der Waals surface area contributed by atoms with Gasteiger partial charge in [0.15, 0.2) is 0 Å². The number of carbonyl (C=O) groups is 2. The van der Waals surface area contributed by atoms with E-state index in [9.17, 15) is 14.8 Å². The first-order chi connectivity index (χ1) is 11.0. The Morgan fingerprint density at radius 1 is 1.00 bits per heavy atom. The van der Waals surface area contributed by atoms with Crippen molar-refractivity contribution in [3.63, 3.8) is 0 Å². The maximum atomic E-state index is 12.6. The molecule has 1 aliphatic rings. The molecule has 2 aromatic rings. The fourth-order valence-electron chi connectivity index (χ4n) is 2.51. The summed E-state index contributed by atoms with van der Waals surface area (Å²) >= 11 is 12.2. The minimum Gasteiger partial charge on any atom is -0.288 e. The number of para-hydroxylation sites is 2. The minimum absolute atomic E-state index is 0.148. The maximum absolute atomic E-state index is 12.6. The van der Waals surface area contributed by atoms with Gasteiger partial charge in [-0.05, 0) is 24.3 Å². The van der Waals surface area contributed by atoms with E-state index in [0.717, 1.165) is 9.96 Å². The van der Waals surface area contributed by atoms with Crippen LogP contribution in [0.2, 0.25) is 10.0 Å². The third-order valence-corrected chi connectivity index (χ3v) is 4.21. The first kappa shape index (κ1) is 15.8. The Bertz CT molecular complexity index is 747. The number of nitrogens with zero attached hydrogens (tertiary/aromatic N) is 2. The van der Waals surface area contributed by atoms with Crippen LogP contribution in [0.5, 0.6) is 0 Å². The molecule has 5 nitrogen and oxygen atoms in total. The van der Waals surface area contributed by atoms with Crippen LogP contribution in [-0.4, -0.2) is 23.1 Å². The molecule has 0 aliphatic carbocycles. The van der Waals surface area contributed by atoms with Crippen LogP contribution in [0.25, 0.3) is 0 Å². The molecule has 0 aromatic heterocycles. The second-order valence-electron chi connectivity index (χ2n) is 5.04. The van der Waals surface area contributed by atoms with Crippen LogP contribution in [0.3, 0.4) is 0 Å². The zero-order valence-electron chi connectivity index (χ0n) is 11.8. The second-order valence-corrected chi connectivity index (χ2v) is 5.85. The molecule has 0 saturated carbocycles. The van der Waals surface area contributed by atoms with E-state index in [0.29, 0.717) is 5.69 Å². The van der Waals surface area contributed by atoms with Crippen molar-refractivity contribution < 1.29 is 14.8 Å². The quantitative estimate of drug-likeness (QED) is 0.679. The SMILES string of the molecule is O=C1CC(N(O)c2ccccc2)C(=O)N1c1c(Cl)cccc1Cl. The molecule has 1 fully saturated rings. The molecule has 2 amide bonds. The molecule has 0 radical (unpaired) electrons. The van der Waals surface area contributed by atoms with Crippen molar-refractivity contribution in [3.05, 3.63) is 58.6 Å². The van der Waals surface area contributed by atoms with E-state index in [4.69, 9.17) is 23.2 Å². The average molecular weight is 351 g/mol. The molecular formula is C16H12Cl2N2O3. The lowest BCUT2D eigenvalue weighted by Crippen LogP contribution is -2.40. The molecule has 1 unspecified atom stereocenters. The Kier molecular flexibility index (Phi) is 4.26. The van der Waals surface area contributed by atoms with Gasteiger partial charge in [0.25, 0.3) is 5.91 Å². The first-order valence-corrected chi connectivity index (χ1v) is 7.60. The highest BCUT2D eigenvalue weighted by molar-refractivity contribution is 6.42. The third-order valence-electron chi connectivity index (χ3n) is 3.60. The number of imide groups is 1. The molecule has 0 spiro atoms. The summed E-state index contributed by atoms with van der Waals surface area (Å²) in [6.07, 6.45) is -0.161. The van der Waals surface area contributed by atoms with Crippen molar-refractivity contribution in [2.75, 3.05) is 9.96 Å². The summed E-state index contributed by atoms with van der Waals surface area (Å²) < 4.78 is 0. The predicted molar refractivity (Wildman–Crippen MR) is 88.1 cm³/mol. The van der Waals surface area contributed by atoms with E-state index < -0.39 is 17.9 Å². The van der Waals surface area contributed by atoms with Crippen molar-refractivity contribution in [2.24, 2.45) is 0 Å². The van der Waals surface area contributed by atoms with Crippen LogP contribution in [0.1, 0.15) is 6.42 Å². The molecule has 1 saturated heterocycles. The number of hydrogen-bond acceptors (Lipinski definition) is 4. The van der Waals surface area contributed by atoms with Crippen molar-refractivity contribution >= 4 is 46.4 Å². The van der Waals surface area contributed by atoms with Gasteiger partial charge >= 0.3 is 0 Å². The van der Waals surface area contributed by atoms with E-state index in [1.165, 1.54) is 0 Å². The normalized spacial score (nSPS) is 17.7. The summed E-state index contributed by atoms with van der Waals surface area (Å²) in [5.41, 5.74) is 0.570. The highest BCUT2D eigenvalue weighted by atomic mass is 35.5. The van der Waals surface area contributed by atoms with Gasteiger partial charge in [0.05, 0.1) is 27.8 Å². The Hall–Kier alpha value is -2.08. The van der Waals surface area contributed by atoms with Crippen LogP contribution in [0.15, 0.2) is 48.5 Å². The Labute approximate surface area is 142 Å². The number of carbonyl (C=O) groups excluding carboxylic acids is 2. The lowest BCUT2D eigenvalue weighted by atomic mass is 10.2. The van der Waals surface area contributed by atoms with E-state index in [1.54, 1.807) is 48.5 Å². The van der Waals surface area contributed by atoms with Gasteiger partial charge in [-0.15, -0.1) is 0 Å². The van der Waals surface area contributed by atoms with Gasteiger partial charge < -0.3 is 0 Å². The predicted octanol–water partition coefficient (Wildman–Crippen LogP) is 3.52. The number of benzene rings is 2. The smallest absolute Gasteiger partial charge is 0.259 e. The summed E-state index contributed by atoms with van der Waals surface area (Å²) in [7, 11) is 0. The third kappa shape index (κ3) is 2.79. The average Bonchev–Trinajstić information content (AvgIpc) is 2.83. The molecule has 1 heterocycles. The summed E-state index contributed by atoms with van der Waals surface area (Å²) in [6.45, 7) is 0. The molecule has 3 rings (SSSR count). The van der Waals surface area contributed by atoms with Gasteiger partial charge in [-0.2, -0.15) is 0 Å². The molecule has 1 atom stereocenters. The van der Waals surface area contributed by atoms with Crippen molar-refractivity contribution in [3.8, 4) is 0 Å². The molecule has 7 heteroatoms. The lowest BCUT2D eigenvalue weighted by Gasteiger charge is -2.23. The number of hydrogen-bond donors (Lipinski definition) is 1. The summed E-state index contributed by atoms with van der Waals surface area (Å²) in [6, 6.07) is 12.2. The number of amides is 2. The monoisotopic (exact) mass is 350 g/mol. The largest absolute Gasteiger partial charge is 0.288 e. The van der Waals surface area contributed by atoms with Crippen LogP contribution >= 0.6 is 23.2 Å². The minimum atomic E-state index is -1.02. The van der Waals surface area contributed by atoms with Gasteiger partial charge in [0, 0.05) is 0 Å². The van der Waals surface area contributed by atoms with Gasteiger partial charge in [-0.25, -0.2) is 9.96 Å². The maximum Gasteiger partial charge on any atom is 0.259 e. The highest BCUT2D eigenvalue weighted by Crippen LogP contribution is 2.37. The summed E-state index contributed by atoms with van der Waals surface area (Å²) in [5.74, 6) is -1.04. The Morgan fingerprint density at radius 3 is 2.22 bits per heavy atom. The van der Waals surface area contributed by atoms with Crippen LogP contribution in [0.4, 0.5) is 11.4 Å². The number of hydroxylamine groups is 1. The molecule has 1 N–H and O–H groups in total. The van der Waals surface area contributed by atoms with Crippen LogP contribution in [0, 0.1) is 0 Å². The van der Waals surface area contributed by atoms with Gasteiger partial charge in [-0.1, -0.05) is 47.5 Å². The Morgan fingerprint density at radius 2 is 1.61 bits per heavy atom. The molecule has 118 valence electrons. The van der Waals surface area contributed by atoms with E-state index in [1.807, 2.05) is 0 Å². The second kappa shape index (κ2) is 6.20. The van der Waals surface area contributed by atoms with Crippen molar-refractivity contribution in [1.29, 1.82) is 0 Å². The van der Waals surface area contributed by atoms with Gasteiger partial charge in [0.1, 0.15) is 6.04 Å². The molecule has 2 aromatic carbocycles. The van der Waals surface area contributed by atoms with Gasteiger partial charge in [-0.3, -0.25) is 14.8 Å². The van der Waals surface area contributed by atoms with E-state index in [2.05, 4.69) is 0 Å². The lowest BCUT2D eigenvalue weighted by molar-refractivity contribution is -0.121. The first-order valence-electron chi connectivity index (χ1n) is 6.84. The fraction of sp³-hybridized carbons (Fsp3) is 0.125. The van der Waals surface area contributed by atoms with Crippen molar-refractivity contribution in [2.45, 2.75) is 12.5 Å². The number of rotatable bonds is 3. The van der Waals surface area contributed by atoms with E-state index in [-0.39, 0.29) is 22.2 Å². The highest BCUT2D eigenvalue weighted by Gasteiger charge is 2.44. The summed E-state index contributed by atoms with van der Waals surface area (Å²) in [4.78, 5) is 25.8. The zero-order valence-corrected chi connectivity index (χ0v) is 13.3. The molecule has 23 heavy (non-hydrogen) atoms. The zero-order chi connectivity index (χ0) is 16.6. The van der Waals surface area contributed by atoms with Crippen molar-refractivity contribution in [1.82, 2.24) is 0 Å². The molecular weight excluding hydrogens is 339 g/mol. The standard InChI is InChI=1S/C16H12Cl2N2O3/c17-11-7-4-8-12(18)15(11)19-14(21)9-13(16(19)22)20(23)10-5-2-1-3-6-10/h1-8,13,23H,9H2. The number of halogens is 2.